The Morgan fingerprint density at radius 1 is 0.971 bits per heavy atom. The minimum Gasteiger partial charge on any atom is -0.493 e. The highest BCUT2D eigenvalue weighted by Gasteiger charge is 2.15. The lowest BCUT2D eigenvalue weighted by molar-refractivity contribution is 0.1000. The highest BCUT2D eigenvalue weighted by Crippen LogP contribution is 2.40. The highest BCUT2D eigenvalue weighted by atomic mass is 16.5. The van der Waals surface area contributed by atoms with E-state index >= 15 is 0 Å². The van der Waals surface area contributed by atoms with Crippen LogP contribution in [0.1, 0.15) is 42.6 Å². The summed E-state index contributed by atoms with van der Waals surface area (Å²) in [5, 5.41) is 5.80. The Balaban J connectivity index is 1.86. The van der Waals surface area contributed by atoms with Crippen molar-refractivity contribution in [2.75, 3.05) is 12.4 Å². The summed E-state index contributed by atoms with van der Waals surface area (Å²) in [5.74, 6) is 1.19. The molecule has 34 heavy (non-hydrogen) atoms. The predicted molar refractivity (Wildman–Crippen MR) is 135 cm³/mol. The van der Waals surface area contributed by atoms with E-state index < -0.39 is 5.91 Å². The maximum atomic E-state index is 12.3. The third-order valence-electron chi connectivity index (χ3n) is 5.65. The Hall–Kier alpha value is -4.00. The molecule has 0 radical (unpaired) electrons. The van der Waals surface area contributed by atoms with Crippen molar-refractivity contribution in [3.63, 3.8) is 0 Å². The summed E-state index contributed by atoms with van der Waals surface area (Å²) in [7, 11) is 1.55. The van der Waals surface area contributed by atoms with E-state index in [-0.39, 0.29) is 12.1 Å². The van der Waals surface area contributed by atoms with Crippen LogP contribution < -0.4 is 25.8 Å². The maximum absolute atomic E-state index is 12.3. The fourth-order valence-electron chi connectivity index (χ4n) is 3.61. The minimum atomic E-state index is -0.473. The third-order valence-corrected chi connectivity index (χ3v) is 5.65. The molecule has 0 saturated carbocycles. The van der Waals surface area contributed by atoms with Crippen LogP contribution in [-0.4, -0.2) is 25.1 Å². The van der Waals surface area contributed by atoms with Crippen molar-refractivity contribution >= 4 is 17.6 Å². The lowest BCUT2D eigenvalue weighted by Gasteiger charge is -2.18. The van der Waals surface area contributed by atoms with Gasteiger partial charge < -0.3 is 25.8 Å². The number of nitrogens with two attached hydrogens (primary N) is 1. The van der Waals surface area contributed by atoms with E-state index in [1.165, 1.54) is 0 Å². The van der Waals surface area contributed by atoms with Gasteiger partial charge in [-0.1, -0.05) is 44.2 Å². The van der Waals surface area contributed by atoms with E-state index in [4.69, 9.17) is 15.2 Å². The van der Waals surface area contributed by atoms with Crippen LogP contribution >= 0.6 is 0 Å². The van der Waals surface area contributed by atoms with Crippen molar-refractivity contribution in [3.05, 3.63) is 71.8 Å². The van der Waals surface area contributed by atoms with Crippen LogP contribution in [0.25, 0.3) is 11.1 Å². The number of aryl methyl sites for hydroxylation is 1. The van der Waals surface area contributed by atoms with Gasteiger partial charge in [-0.25, -0.2) is 4.79 Å². The predicted octanol–water partition coefficient (Wildman–Crippen LogP) is 5.87. The average molecular weight is 462 g/mol. The largest absolute Gasteiger partial charge is 0.493 e. The number of ether oxygens (including phenoxy) is 2. The molecule has 0 aliphatic rings. The first kappa shape index (κ1) is 24.6. The van der Waals surface area contributed by atoms with E-state index in [0.717, 1.165) is 29.5 Å². The molecular formula is C27H31N3O4. The molecule has 0 saturated heterocycles. The second-order valence-corrected chi connectivity index (χ2v) is 7.97. The number of rotatable bonds is 9. The number of benzene rings is 3. The molecule has 7 heteroatoms. The molecule has 0 spiro atoms. The lowest BCUT2D eigenvalue weighted by Crippen LogP contribution is -2.37. The first-order chi connectivity index (χ1) is 16.4. The van der Waals surface area contributed by atoms with Gasteiger partial charge in [-0.15, -0.1) is 0 Å². The van der Waals surface area contributed by atoms with E-state index in [0.29, 0.717) is 28.5 Å². The van der Waals surface area contributed by atoms with Gasteiger partial charge in [-0.05, 0) is 55.2 Å². The smallest absolute Gasteiger partial charge is 0.319 e. The summed E-state index contributed by atoms with van der Waals surface area (Å²) < 4.78 is 11.9. The molecule has 0 aliphatic carbocycles. The van der Waals surface area contributed by atoms with Crippen molar-refractivity contribution in [1.82, 2.24) is 5.32 Å². The van der Waals surface area contributed by atoms with Gasteiger partial charge in [0, 0.05) is 28.9 Å². The zero-order valence-corrected chi connectivity index (χ0v) is 20.0. The van der Waals surface area contributed by atoms with Crippen molar-refractivity contribution < 1.29 is 19.1 Å². The molecule has 0 unspecified atom stereocenters. The fraction of sp³-hybridized carbons (Fsp3) is 0.259. The second kappa shape index (κ2) is 11.2. The monoisotopic (exact) mass is 461 g/mol. The number of carbonyl (C=O) groups excluding carboxylic acids is 2. The van der Waals surface area contributed by atoms with Crippen LogP contribution in [0.4, 0.5) is 10.5 Å². The van der Waals surface area contributed by atoms with Crippen LogP contribution in [0.5, 0.6) is 17.2 Å². The van der Waals surface area contributed by atoms with Gasteiger partial charge in [0.25, 0.3) is 0 Å². The standard InChI is InChI=1S/C27H31N3O4/c1-5-20(6-2)29-27(32)30-21-14-15-23(24(16-21)33-4)34-25-17(3)8-7-9-22(25)18-10-12-19(13-11-18)26(28)31/h7-16,20H,5-6H2,1-4H3,(H2,28,31)(H2,29,30,32). The van der Waals surface area contributed by atoms with E-state index in [1.54, 1.807) is 37.4 Å². The van der Waals surface area contributed by atoms with Gasteiger partial charge in [-0.2, -0.15) is 0 Å². The van der Waals surface area contributed by atoms with Gasteiger partial charge in [0.15, 0.2) is 11.5 Å². The quantitative estimate of drug-likeness (QED) is 0.371. The molecule has 0 heterocycles. The van der Waals surface area contributed by atoms with Crippen molar-refractivity contribution in [1.29, 1.82) is 0 Å². The third kappa shape index (κ3) is 5.86. The number of nitrogens with one attached hydrogen (secondary N) is 2. The van der Waals surface area contributed by atoms with E-state index in [1.807, 2.05) is 51.1 Å². The molecular weight excluding hydrogens is 430 g/mol. The summed E-state index contributed by atoms with van der Waals surface area (Å²) in [4.78, 5) is 23.7. The van der Waals surface area contributed by atoms with Crippen LogP contribution in [0.15, 0.2) is 60.7 Å². The maximum Gasteiger partial charge on any atom is 0.319 e. The molecule has 4 N–H and O–H groups in total. The van der Waals surface area contributed by atoms with Crippen molar-refractivity contribution in [2.45, 2.75) is 39.7 Å². The molecule has 0 fully saturated rings. The number of anilines is 1. The summed E-state index contributed by atoms with van der Waals surface area (Å²) >= 11 is 0. The molecule has 3 aromatic rings. The number of amides is 3. The molecule has 0 atom stereocenters. The Bertz CT molecular complexity index is 1160. The van der Waals surface area contributed by atoms with Gasteiger partial charge in [0.1, 0.15) is 5.75 Å². The molecule has 3 rings (SSSR count). The number of primary amides is 1. The van der Waals surface area contributed by atoms with Gasteiger partial charge in [0.05, 0.1) is 7.11 Å². The van der Waals surface area contributed by atoms with Gasteiger partial charge in [-0.3, -0.25) is 4.79 Å². The molecule has 3 amide bonds. The highest BCUT2D eigenvalue weighted by molar-refractivity contribution is 5.93. The first-order valence-electron chi connectivity index (χ1n) is 11.3. The van der Waals surface area contributed by atoms with Crippen molar-refractivity contribution in [3.8, 4) is 28.4 Å². The summed E-state index contributed by atoms with van der Waals surface area (Å²) in [6, 6.07) is 18.0. The molecule has 3 aromatic carbocycles. The number of para-hydroxylation sites is 1. The Labute approximate surface area is 200 Å². The fourth-order valence-corrected chi connectivity index (χ4v) is 3.61. The summed E-state index contributed by atoms with van der Waals surface area (Å²) in [6.45, 7) is 6.03. The van der Waals surface area contributed by atoms with Crippen molar-refractivity contribution in [2.24, 2.45) is 5.73 Å². The summed E-state index contributed by atoms with van der Waals surface area (Å²) in [6.07, 6.45) is 1.73. The van der Waals surface area contributed by atoms with Gasteiger partial charge in [0.2, 0.25) is 5.91 Å². The summed E-state index contributed by atoms with van der Waals surface area (Å²) in [5.41, 5.74) is 9.09. The first-order valence-corrected chi connectivity index (χ1v) is 11.3. The number of hydrogen-bond donors (Lipinski definition) is 3. The zero-order valence-electron chi connectivity index (χ0n) is 20.0. The van der Waals surface area contributed by atoms with E-state index in [2.05, 4.69) is 10.6 Å². The lowest BCUT2D eigenvalue weighted by atomic mass is 10.0. The number of carbonyl (C=O) groups is 2. The number of methoxy groups -OCH3 is 1. The SMILES string of the molecule is CCC(CC)NC(=O)Nc1ccc(Oc2c(C)cccc2-c2ccc(C(N)=O)cc2)c(OC)c1. The zero-order chi connectivity index (χ0) is 24.7. The molecule has 0 aromatic heterocycles. The number of hydrogen-bond acceptors (Lipinski definition) is 4. The second-order valence-electron chi connectivity index (χ2n) is 7.97. The average Bonchev–Trinajstić information content (AvgIpc) is 2.84. The topological polar surface area (TPSA) is 103 Å². The Morgan fingerprint density at radius 3 is 2.29 bits per heavy atom. The van der Waals surface area contributed by atoms with Crippen LogP contribution in [-0.2, 0) is 0 Å². The number of urea groups is 1. The van der Waals surface area contributed by atoms with Crippen LogP contribution in [0.2, 0.25) is 0 Å². The van der Waals surface area contributed by atoms with Gasteiger partial charge >= 0.3 is 6.03 Å². The Morgan fingerprint density at radius 2 is 1.68 bits per heavy atom. The van der Waals surface area contributed by atoms with Crippen LogP contribution in [0.3, 0.4) is 0 Å². The van der Waals surface area contributed by atoms with Crippen LogP contribution in [0, 0.1) is 6.92 Å². The Kier molecular flexibility index (Phi) is 8.14. The van der Waals surface area contributed by atoms with E-state index in [9.17, 15) is 9.59 Å². The minimum absolute atomic E-state index is 0.126. The normalized spacial score (nSPS) is 10.6. The molecule has 7 nitrogen and oxygen atoms in total. The molecule has 178 valence electrons. The molecule has 0 bridgehead atoms. The molecule has 0 aliphatic heterocycles.